The van der Waals surface area contributed by atoms with Crippen molar-refractivity contribution in [2.24, 2.45) is 0 Å². The van der Waals surface area contributed by atoms with Crippen LogP contribution in [0.15, 0.2) is 18.2 Å². The van der Waals surface area contributed by atoms with Crippen LogP contribution in [0.2, 0.25) is 5.02 Å². The number of nitrogens with zero attached hydrogens (tertiary/aromatic N) is 1. The van der Waals surface area contributed by atoms with Crippen molar-refractivity contribution in [3.8, 4) is 5.75 Å². The zero-order valence-corrected chi connectivity index (χ0v) is 10.5. The molecule has 0 amide bonds. The molecule has 0 unspecified atom stereocenters. The van der Waals surface area contributed by atoms with Crippen molar-refractivity contribution in [3.05, 3.63) is 33.3 Å². The van der Waals surface area contributed by atoms with E-state index in [1.165, 1.54) is 12.1 Å². The Kier molecular flexibility index (Phi) is 4.30. The number of nitro benzene ring substituents is 1. The SMILES string of the molecule is CS(=O)(=O)CCOc1cc([N+](=O)[O-])ccc1Cl. The summed E-state index contributed by atoms with van der Waals surface area (Å²) in [6, 6.07) is 3.73. The number of sulfone groups is 1. The van der Waals surface area contributed by atoms with Gasteiger partial charge in [0, 0.05) is 12.3 Å². The summed E-state index contributed by atoms with van der Waals surface area (Å²) in [6.07, 6.45) is 1.07. The Morgan fingerprint density at radius 2 is 2.12 bits per heavy atom. The van der Waals surface area contributed by atoms with Gasteiger partial charge in [0.25, 0.3) is 5.69 Å². The number of hydrogen-bond acceptors (Lipinski definition) is 5. The highest BCUT2D eigenvalue weighted by molar-refractivity contribution is 7.90. The van der Waals surface area contributed by atoms with E-state index in [1.807, 2.05) is 0 Å². The Morgan fingerprint density at radius 3 is 2.65 bits per heavy atom. The van der Waals surface area contributed by atoms with Gasteiger partial charge in [0.05, 0.1) is 21.8 Å². The fourth-order valence-corrected chi connectivity index (χ4v) is 1.58. The quantitative estimate of drug-likeness (QED) is 0.604. The molecule has 0 spiro atoms. The zero-order valence-electron chi connectivity index (χ0n) is 8.92. The first-order chi connectivity index (χ1) is 7.79. The number of ether oxygens (including phenoxy) is 1. The van der Waals surface area contributed by atoms with E-state index in [-0.39, 0.29) is 28.8 Å². The molecule has 6 nitrogen and oxygen atoms in total. The van der Waals surface area contributed by atoms with Crippen LogP contribution in [0.1, 0.15) is 0 Å². The first-order valence-electron chi connectivity index (χ1n) is 4.54. The molecule has 0 saturated heterocycles. The number of hydrogen-bond donors (Lipinski definition) is 0. The van der Waals surface area contributed by atoms with Gasteiger partial charge in [-0.25, -0.2) is 8.42 Å². The second-order valence-electron chi connectivity index (χ2n) is 3.35. The van der Waals surface area contributed by atoms with Crippen molar-refractivity contribution in [1.29, 1.82) is 0 Å². The largest absolute Gasteiger partial charge is 0.491 e. The molecule has 0 saturated carbocycles. The summed E-state index contributed by atoms with van der Waals surface area (Å²) >= 11 is 5.75. The third-order valence-corrected chi connectivity index (χ3v) is 3.06. The minimum atomic E-state index is -3.14. The molecule has 0 fully saturated rings. The Balaban J connectivity index is 2.76. The lowest BCUT2D eigenvalue weighted by molar-refractivity contribution is -0.384. The van der Waals surface area contributed by atoms with E-state index in [0.717, 1.165) is 12.3 Å². The second-order valence-corrected chi connectivity index (χ2v) is 6.02. The fraction of sp³-hybridized carbons (Fsp3) is 0.333. The van der Waals surface area contributed by atoms with E-state index in [2.05, 4.69) is 0 Å². The number of benzene rings is 1. The molecular weight excluding hydrogens is 270 g/mol. The van der Waals surface area contributed by atoms with Crippen LogP contribution in [0.5, 0.6) is 5.75 Å². The van der Waals surface area contributed by atoms with Crippen LogP contribution in [-0.4, -0.2) is 32.0 Å². The third-order valence-electron chi connectivity index (χ3n) is 1.84. The summed E-state index contributed by atoms with van der Waals surface area (Å²) in [5.74, 6) is -0.0732. The molecule has 94 valence electrons. The summed E-state index contributed by atoms with van der Waals surface area (Å²) in [4.78, 5) is 9.92. The maximum absolute atomic E-state index is 10.9. The van der Waals surface area contributed by atoms with Gasteiger partial charge < -0.3 is 4.74 Å². The Hall–Kier alpha value is -1.34. The summed E-state index contributed by atoms with van der Waals surface area (Å²) in [5, 5.41) is 10.7. The number of non-ortho nitro benzene ring substituents is 1. The van der Waals surface area contributed by atoms with E-state index in [0.29, 0.717) is 0 Å². The molecule has 0 radical (unpaired) electrons. The van der Waals surface area contributed by atoms with Gasteiger partial charge in [-0.05, 0) is 6.07 Å². The summed E-state index contributed by atoms with van der Waals surface area (Å²) in [5.41, 5.74) is -0.163. The summed E-state index contributed by atoms with van der Waals surface area (Å²) in [6.45, 7) is -0.0975. The van der Waals surface area contributed by atoms with Gasteiger partial charge in [-0.1, -0.05) is 11.6 Å². The third kappa shape index (κ3) is 4.58. The molecule has 17 heavy (non-hydrogen) atoms. The summed E-state index contributed by atoms with van der Waals surface area (Å²) < 4.78 is 26.8. The molecule has 1 aromatic rings. The van der Waals surface area contributed by atoms with E-state index in [9.17, 15) is 18.5 Å². The number of halogens is 1. The van der Waals surface area contributed by atoms with Crippen molar-refractivity contribution in [2.75, 3.05) is 18.6 Å². The zero-order chi connectivity index (χ0) is 13.1. The summed E-state index contributed by atoms with van der Waals surface area (Å²) in [7, 11) is -3.14. The average molecular weight is 280 g/mol. The molecule has 0 bridgehead atoms. The lowest BCUT2D eigenvalue weighted by Crippen LogP contribution is -2.12. The van der Waals surface area contributed by atoms with E-state index < -0.39 is 14.8 Å². The van der Waals surface area contributed by atoms with Gasteiger partial charge in [-0.3, -0.25) is 10.1 Å². The minimum Gasteiger partial charge on any atom is -0.491 e. The van der Waals surface area contributed by atoms with Crippen LogP contribution >= 0.6 is 11.6 Å². The first kappa shape index (κ1) is 13.7. The molecular formula is C9H10ClNO5S. The van der Waals surface area contributed by atoms with Gasteiger partial charge in [-0.2, -0.15) is 0 Å². The smallest absolute Gasteiger partial charge is 0.273 e. The molecule has 0 aromatic heterocycles. The molecule has 1 rings (SSSR count). The topological polar surface area (TPSA) is 86.5 Å². The van der Waals surface area contributed by atoms with Crippen LogP contribution < -0.4 is 4.74 Å². The minimum absolute atomic E-state index is 0.0975. The molecule has 0 heterocycles. The molecule has 8 heteroatoms. The van der Waals surface area contributed by atoms with Gasteiger partial charge >= 0.3 is 0 Å². The van der Waals surface area contributed by atoms with Gasteiger partial charge in [-0.15, -0.1) is 0 Å². The van der Waals surface area contributed by atoms with Crippen LogP contribution in [0, 0.1) is 10.1 Å². The van der Waals surface area contributed by atoms with Crippen LogP contribution in [0.4, 0.5) is 5.69 Å². The maximum Gasteiger partial charge on any atom is 0.273 e. The molecule has 0 aliphatic rings. The van der Waals surface area contributed by atoms with Gasteiger partial charge in [0.15, 0.2) is 9.84 Å². The Morgan fingerprint density at radius 1 is 1.47 bits per heavy atom. The first-order valence-corrected chi connectivity index (χ1v) is 6.98. The lowest BCUT2D eigenvalue weighted by atomic mass is 10.3. The number of nitro groups is 1. The predicted octanol–water partition coefficient (Wildman–Crippen LogP) is 1.67. The van der Waals surface area contributed by atoms with Crippen molar-refractivity contribution in [3.63, 3.8) is 0 Å². The van der Waals surface area contributed by atoms with Gasteiger partial charge in [0.2, 0.25) is 0 Å². The van der Waals surface area contributed by atoms with E-state index >= 15 is 0 Å². The van der Waals surface area contributed by atoms with Crippen molar-refractivity contribution in [2.45, 2.75) is 0 Å². The van der Waals surface area contributed by atoms with Crippen LogP contribution in [0.3, 0.4) is 0 Å². The van der Waals surface area contributed by atoms with Crippen molar-refractivity contribution in [1.82, 2.24) is 0 Å². The average Bonchev–Trinajstić information content (AvgIpc) is 2.18. The van der Waals surface area contributed by atoms with Crippen LogP contribution in [-0.2, 0) is 9.84 Å². The fourth-order valence-electron chi connectivity index (χ4n) is 1.02. The highest BCUT2D eigenvalue weighted by Gasteiger charge is 2.11. The molecule has 0 atom stereocenters. The molecule has 0 N–H and O–H groups in total. The highest BCUT2D eigenvalue weighted by Crippen LogP contribution is 2.28. The number of rotatable bonds is 5. The lowest BCUT2D eigenvalue weighted by Gasteiger charge is -2.06. The van der Waals surface area contributed by atoms with Gasteiger partial charge in [0.1, 0.15) is 12.4 Å². The van der Waals surface area contributed by atoms with E-state index in [1.54, 1.807) is 0 Å². The molecule has 0 aliphatic heterocycles. The Labute approximate surface area is 103 Å². The molecule has 0 aliphatic carbocycles. The van der Waals surface area contributed by atoms with Crippen LogP contribution in [0.25, 0.3) is 0 Å². The standard InChI is InChI=1S/C9H10ClNO5S/c1-17(14,15)5-4-16-9-6-7(11(12)13)2-3-8(9)10/h2-3,6H,4-5H2,1H3. The normalized spacial score (nSPS) is 11.2. The monoisotopic (exact) mass is 279 g/mol. The maximum atomic E-state index is 10.9. The van der Waals surface area contributed by atoms with E-state index in [4.69, 9.17) is 16.3 Å². The van der Waals surface area contributed by atoms with Crippen molar-refractivity contribution < 1.29 is 18.1 Å². The predicted molar refractivity (Wildman–Crippen MR) is 63.3 cm³/mol. The van der Waals surface area contributed by atoms with Crippen molar-refractivity contribution >= 4 is 27.1 Å². The molecule has 1 aromatic carbocycles. The Bertz CT molecular complexity index is 528. The highest BCUT2D eigenvalue weighted by atomic mass is 35.5. The second kappa shape index (κ2) is 5.33.